The van der Waals surface area contributed by atoms with E-state index in [1.807, 2.05) is 0 Å². The minimum atomic E-state index is 0.619. The van der Waals surface area contributed by atoms with Crippen LogP contribution in [0.1, 0.15) is 32.6 Å². The monoisotopic (exact) mass is 138 g/mol. The average Bonchev–Trinajstić information content (AvgIpc) is 2.27. The molecule has 1 N–H and O–H groups in total. The van der Waals surface area contributed by atoms with Crippen LogP contribution in [0.15, 0.2) is 4.99 Å². The Balaban J connectivity index is 2.06. The van der Waals surface area contributed by atoms with Crippen LogP contribution in [-0.4, -0.2) is 17.9 Å². The highest BCUT2D eigenvalue weighted by atomic mass is 15.1. The zero-order valence-corrected chi connectivity index (χ0v) is 6.43. The predicted octanol–water partition coefficient (Wildman–Crippen LogP) is 1.32. The Kier molecular flexibility index (Phi) is 1.40. The number of rotatable bonds is 0. The van der Waals surface area contributed by atoms with Gasteiger partial charge in [-0.15, -0.1) is 0 Å². The standard InChI is InChI=1S/C8H14N2/c1-6-9-7-4-2-3-5-8(7)10-6/h7-8H,2-5H2,1H3,(H,9,10)/t7-,8?/m1/s1. The van der Waals surface area contributed by atoms with Crippen molar-refractivity contribution in [1.29, 1.82) is 0 Å². The molecule has 0 aromatic carbocycles. The maximum absolute atomic E-state index is 4.52. The van der Waals surface area contributed by atoms with E-state index in [2.05, 4.69) is 17.2 Å². The first-order chi connectivity index (χ1) is 4.86. The number of hydrogen-bond acceptors (Lipinski definition) is 2. The van der Waals surface area contributed by atoms with Gasteiger partial charge in [-0.2, -0.15) is 0 Å². The lowest BCUT2D eigenvalue weighted by atomic mass is 9.92. The van der Waals surface area contributed by atoms with Crippen molar-refractivity contribution in [1.82, 2.24) is 5.32 Å². The molecule has 0 aromatic rings. The average molecular weight is 138 g/mol. The first-order valence-electron chi connectivity index (χ1n) is 4.17. The molecule has 0 saturated heterocycles. The third kappa shape index (κ3) is 0.917. The molecule has 0 spiro atoms. The van der Waals surface area contributed by atoms with Crippen LogP contribution in [-0.2, 0) is 0 Å². The Hall–Kier alpha value is -0.530. The third-order valence-electron chi connectivity index (χ3n) is 2.48. The van der Waals surface area contributed by atoms with Crippen molar-refractivity contribution in [3.05, 3.63) is 0 Å². The Morgan fingerprint density at radius 3 is 3.00 bits per heavy atom. The largest absolute Gasteiger partial charge is 0.369 e. The lowest BCUT2D eigenvalue weighted by Gasteiger charge is -2.23. The lowest BCUT2D eigenvalue weighted by Crippen LogP contribution is -2.35. The van der Waals surface area contributed by atoms with Crippen molar-refractivity contribution in [2.45, 2.75) is 44.7 Å². The molecule has 56 valence electrons. The van der Waals surface area contributed by atoms with Crippen LogP contribution in [0, 0.1) is 0 Å². The molecule has 0 bridgehead atoms. The molecule has 0 radical (unpaired) electrons. The topological polar surface area (TPSA) is 24.4 Å². The van der Waals surface area contributed by atoms with Gasteiger partial charge in [0.2, 0.25) is 0 Å². The summed E-state index contributed by atoms with van der Waals surface area (Å²) in [5, 5.41) is 3.41. The van der Waals surface area contributed by atoms with Gasteiger partial charge in [0, 0.05) is 6.04 Å². The summed E-state index contributed by atoms with van der Waals surface area (Å²) in [5.74, 6) is 1.15. The fourth-order valence-electron chi connectivity index (χ4n) is 1.99. The zero-order valence-electron chi connectivity index (χ0n) is 6.43. The van der Waals surface area contributed by atoms with Crippen molar-refractivity contribution < 1.29 is 0 Å². The molecule has 1 unspecified atom stereocenters. The van der Waals surface area contributed by atoms with Crippen LogP contribution < -0.4 is 5.32 Å². The summed E-state index contributed by atoms with van der Waals surface area (Å²) in [6, 6.07) is 1.31. The second kappa shape index (κ2) is 2.26. The minimum absolute atomic E-state index is 0.619. The fraction of sp³-hybridized carbons (Fsp3) is 0.875. The summed E-state index contributed by atoms with van der Waals surface area (Å²) in [6.45, 7) is 2.07. The second-order valence-electron chi connectivity index (χ2n) is 3.32. The van der Waals surface area contributed by atoms with E-state index in [4.69, 9.17) is 0 Å². The molecule has 1 aliphatic heterocycles. The molecular weight excluding hydrogens is 124 g/mol. The van der Waals surface area contributed by atoms with E-state index in [0.717, 1.165) is 5.84 Å². The predicted molar refractivity (Wildman–Crippen MR) is 42.3 cm³/mol. The van der Waals surface area contributed by atoms with Crippen molar-refractivity contribution in [2.75, 3.05) is 0 Å². The molecule has 1 heterocycles. The van der Waals surface area contributed by atoms with Gasteiger partial charge in [-0.25, -0.2) is 0 Å². The summed E-state index contributed by atoms with van der Waals surface area (Å²) in [5.41, 5.74) is 0. The second-order valence-corrected chi connectivity index (χ2v) is 3.32. The Morgan fingerprint density at radius 2 is 2.20 bits per heavy atom. The Bertz CT molecular complexity index is 163. The molecule has 2 rings (SSSR count). The number of amidine groups is 1. The van der Waals surface area contributed by atoms with Crippen LogP contribution >= 0.6 is 0 Å². The van der Waals surface area contributed by atoms with Gasteiger partial charge in [0.15, 0.2) is 0 Å². The fourth-order valence-corrected chi connectivity index (χ4v) is 1.99. The van der Waals surface area contributed by atoms with E-state index in [-0.39, 0.29) is 0 Å². The minimum Gasteiger partial charge on any atom is -0.369 e. The van der Waals surface area contributed by atoms with Gasteiger partial charge in [-0.05, 0) is 19.8 Å². The summed E-state index contributed by atoms with van der Waals surface area (Å²) in [6.07, 6.45) is 5.39. The summed E-state index contributed by atoms with van der Waals surface area (Å²) >= 11 is 0. The summed E-state index contributed by atoms with van der Waals surface area (Å²) < 4.78 is 0. The Morgan fingerprint density at radius 1 is 1.40 bits per heavy atom. The van der Waals surface area contributed by atoms with E-state index in [0.29, 0.717) is 12.1 Å². The molecule has 10 heavy (non-hydrogen) atoms. The number of aliphatic imine (C=N–C) groups is 1. The molecule has 2 heteroatoms. The van der Waals surface area contributed by atoms with Crippen molar-refractivity contribution >= 4 is 5.84 Å². The van der Waals surface area contributed by atoms with E-state index in [9.17, 15) is 0 Å². The molecule has 2 aliphatic rings. The van der Waals surface area contributed by atoms with Gasteiger partial charge < -0.3 is 5.32 Å². The van der Waals surface area contributed by atoms with Crippen LogP contribution in [0.25, 0.3) is 0 Å². The first kappa shape index (κ1) is 6.20. The van der Waals surface area contributed by atoms with Gasteiger partial charge in [0.25, 0.3) is 0 Å². The van der Waals surface area contributed by atoms with Gasteiger partial charge in [0.1, 0.15) is 0 Å². The number of hydrogen-bond donors (Lipinski definition) is 1. The highest BCUT2D eigenvalue weighted by Crippen LogP contribution is 2.24. The normalized spacial score (nSPS) is 38.3. The maximum Gasteiger partial charge on any atom is 0.0938 e. The molecule has 1 fully saturated rings. The maximum atomic E-state index is 4.52. The third-order valence-corrected chi connectivity index (χ3v) is 2.48. The summed E-state index contributed by atoms with van der Waals surface area (Å²) in [7, 11) is 0. The van der Waals surface area contributed by atoms with Gasteiger partial charge in [0.05, 0.1) is 11.9 Å². The van der Waals surface area contributed by atoms with Crippen molar-refractivity contribution in [3.8, 4) is 0 Å². The molecule has 2 atom stereocenters. The van der Waals surface area contributed by atoms with Crippen LogP contribution in [0.4, 0.5) is 0 Å². The smallest absolute Gasteiger partial charge is 0.0938 e. The molecular formula is C8H14N2. The Labute approximate surface area is 61.7 Å². The highest BCUT2D eigenvalue weighted by Gasteiger charge is 2.28. The van der Waals surface area contributed by atoms with Gasteiger partial charge in [-0.3, -0.25) is 4.99 Å². The zero-order chi connectivity index (χ0) is 6.97. The van der Waals surface area contributed by atoms with E-state index < -0.39 is 0 Å². The quantitative estimate of drug-likeness (QED) is 0.536. The number of fused-ring (bicyclic) bond motifs is 1. The van der Waals surface area contributed by atoms with E-state index in [1.165, 1.54) is 25.7 Å². The van der Waals surface area contributed by atoms with Crippen LogP contribution in [0.5, 0.6) is 0 Å². The van der Waals surface area contributed by atoms with E-state index in [1.54, 1.807) is 0 Å². The number of nitrogens with one attached hydrogen (secondary N) is 1. The highest BCUT2D eigenvalue weighted by molar-refractivity contribution is 5.81. The van der Waals surface area contributed by atoms with Gasteiger partial charge >= 0.3 is 0 Å². The van der Waals surface area contributed by atoms with Crippen molar-refractivity contribution in [3.63, 3.8) is 0 Å². The number of nitrogens with zero attached hydrogens (tertiary/aromatic N) is 1. The molecule has 1 aliphatic carbocycles. The summed E-state index contributed by atoms with van der Waals surface area (Å²) in [4.78, 5) is 4.52. The van der Waals surface area contributed by atoms with E-state index >= 15 is 0 Å². The molecule has 1 saturated carbocycles. The van der Waals surface area contributed by atoms with Gasteiger partial charge in [-0.1, -0.05) is 12.8 Å². The molecule has 0 amide bonds. The lowest BCUT2D eigenvalue weighted by molar-refractivity contribution is 0.384. The first-order valence-corrected chi connectivity index (χ1v) is 4.17. The SMILES string of the molecule is CC1=NC2CCCC[C@H]2N1. The molecule has 2 nitrogen and oxygen atoms in total. The molecule has 0 aromatic heterocycles. The van der Waals surface area contributed by atoms with Crippen LogP contribution in [0.2, 0.25) is 0 Å². The van der Waals surface area contributed by atoms with Crippen LogP contribution in [0.3, 0.4) is 0 Å². The van der Waals surface area contributed by atoms with Crippen molar-refractivity contribution in [2.24, 2.45) is 4.99 Å².